The van der Waals surface area contributed by atoms with Gasteiger partial charge in [0, 0.05) is 16.9 Å². The Labute approximate surface area is 218 Å². The molecule has 186 valence electrons. The molecule has 5 heterocycles. The van der Waals surface area contributed by atoms with E-state index in [1.165, 1.54) is 0 Å². The third-order valence-electron chi connectivity index (χ3n) is 6.48. The van der Waals surface area contributed by atoms with Crippen molar-refractivity contribution in [3.63, 3.8) is 0 Å². The minimum absolute atomic E-state index is 0.174. The van der Waals surface area contributed by atoms with E-state index >= 15 is 0 Å². The standard InChI is InChI=1S/C27H22N10O/c1-16-3-7-25(34-33-16)31-19-4-6-23-22(11-19)30-15-36(23)26-8-5-21(24-10-18(12-28)14-38-24)27(32-26)37-17(2)9-20(13-29)35-37/h3-9,11,15,18,24H,10,14H2,1-2H3,(H,31,34)/t18-,24-/m1/s1. The number of nitrogens with one attached hydrogen (secondary N) is 1. The number of aryl methyl sites for hydroxylation is 2. The molecule has 0 unspecified atom stereocenters. The molecule has 6 rings (SSSR count). The van der Waals surface area contributed by atoms with Gasteiger partial charge in [0.05, 0.1) is 41.4 Å². The molecule has 0 aliphatic carbocycles. The van der Waals surface area contributed by atoms with E-state index in [9.17, 15) is 10.5 Å². The van der Waals surface area contributed by atoms with E-state index in [4.69, 9.17) is 9.72 Å². The number of hydrogen-bond acceptors (Lipinski definition) is 9. The largest absolute Gasteiger partial charge is 0.372 e. The molecule has 1 N–H and O–H groups in total. The molecule has 0 bridgehead atoms. The van der Waals surface area contributed by atoms with Gasteiger partial charge in [0.1, 0.15) is 18.2 Å². The van der Waals surface area contributed by atoms with E-state index in [1.807, 2.05) is 60.9 Å². The molecule has 1 aliphatic heterocycles. The topological polar surface area (TPSA) is 143 Å². The Morgan fingerprint density at radius 3 is 2.68 bits per heavy atom. The Bertz CT molecular complexity index is 1740. The van der Waals surface area contributed by atoms with Gasteiger partial charge >= 0.3 is 0 Å². The quantitative estimate of drug-likeness (QED) is 0.373. The lowest BCUT2D eigenvalue weighted by molar-refractivity contribution is 0.109. The van der Waals surface area contributed by atoms with Crippen molar-refractivity contribution in [1.29, 1.82) is 10.5 Å². The van der Waals surface area contributed by atoms with Crippen LogP contribution in [-0.4, -0.2) is 41.1 Å². The molecule has 1 saturated heterocycles. The third-order valence-corrected chi connectivity index (χ3v) is 6.48. The van der Waals surface area contributed by atoms with Gasteiger partial charge in [-0.15, -0.1) is 5.10 Å². The minimum Gasteiger partial charge on any atom is -0.372 e. The van der Waals surface area contributed by atoms with E-state index in [-0.39, 0.29) is 12.0 Å². The molecule has 5 aromatic rings. The SMILES string of the molecule is Cc1ccc(Nc2ccc3c(c2)ncn3-c2ccc([C@H]3C[C@H](C#N)CO3)c(-n3nc(C#N)cc3C)n2)nn1. The molecule has 0 radical (unpaired) electrons. The minimum atomic E-state index is -0.289. The first-order valence-corrected chi connectivity index (χ1v) is 12.1. The van der Waals surface area contributed by atoms with Crippen molar-refractivity contribution in [2.75, 3.05) is 11.9 Å². The van der Waals surface area contributed by atoms with E-state index in [0.717, 1.165) is 33.7 Å². The van der Waals surface area contributed by atoms with Crippen LogP contribution in [0.25, 0.3) is 22.7 Å². The highest BCUT2D eigenvalue weighted by Crippen LogP contribution is 2.35. The van der Waals surface area contributed by atoms with Crippen molar-refractivity contribution < 1.29 is 4.74 Å². The lowest BCUT2D eigenvalue weighted by atomic mass is 10.0. The van der Waals surface area contributed by atoms with Gasteiger partial charge in [0.15, 0.2) is 17.3 Å². The Kier molecular flexibility index (Phi) is 5.75. The second-order valence-corrected chi connectivity index (χ2v) is 9.16. The van der Waals surface area contributed by atoms with Crippen LogP contribution in [0.5, 0.6) is 0 Å². The monoisotopic (exact) mass is 502 g/mol. The average molecular weight is 503 g/mol. The molecular weight excluding hydrogens is 480 g/mol. The Balaban J connectivity index is 1.39. The number of benzene rings is 1. The van der Waals surface area contributed by atoms with Crippen molar-refractivity contribution >= 4 is 22.5 Å². The van der Waals surface area contributed by atoms with E-state index in [0.29, 0.717) is 36.2 Å². The smallest absolute Gasteiger partial charge is 0.163 e. The van der Waals surface area contributed by atoms with Gasteiger partial charge in [0.25, 0.3) is 0 Å². The number of rotatable bonds is 5. The maximum Gasteiger partial charge on any atom is 0.163 e. The molecule has 2 atom stereocenters. The summed E-state index contributed by atoms with van der Waals surface area (Å²) in [5.41, 5.74) is 5.22. The molecule has 11 nitrogen and oxygen atoms in total. The van der Waals surface area contributed by atoms with Crippen molar-refractivity contribution in [3.05, 3.63) is 77.5 Å². The summed E-state index contributed by atoms with van der Waals surface area (Å²) in [6.45, 7) is 4.14. The summed E-state index contributed by atoms with van der Waals surface area (Å²) in [5, 5.41) is 34.7. The first kappa shape index (κ1) is 23.3. The number of pyridine rings is 1. The molecular formula is C27H22N10O. The summed E-state index contributed by atoms with van der Waals surface area (Å²) in [6, 6.07) is 19.6. The number of nitriles is 2. The lowest BCUT2D eigenvalue weighted by Crippen LogP contribution is -2.12. The predicted octanol–water partition coefficient (Wildman–Crippen LogP) is 4.23. The molecule has 38 heavy (non-hydrogen) atoms. The molecule has 0 amide bonds. The maximum absolute atomic E-state index is 9.39. The second kappa shape index (κ2) is 9.39. The van der Waals surface area contributed by atoms with Gasteiger partial charge in [-0.25, -0.2) is 14.6 Å². The van der Waals surface area contributed by atoms with Crippen LogP contribution in [0.2, 0.25) is 0 Å². The lowest BCUT2D eigenvalue weighted by Gasteiger charge is -2.17. The van der Waals surface area contributed by atoms with Crippen LogP contribution in [0.3, 0.4) is 0 Å². The van der Waals surface area contributed by atoms with Gasteiger partial charge in [-0.05, 0) is 68.8 Å². The zero-order chi connectivity index (χ0) is 26.2. The summed E-state index contributed by atoms with van der Waals surface area (Å²) >= 11 is 0. The molecule has 1 aliphatic rings. The highest BCUT2D eigenvalue weighted by atomic mass is 16.5. The van der Waals surface area contributed by atoms with Crippen LogP contribution in [0.15, 0.2) is 54.9 Å². The first-order valence-electron chi connectivity index (χ1n) is 12.1. The Morgan fingerprint density at radius 1 is 1.05 bits per heavy atom. The van der Waals surface area contributed by atoms with Crippen LogP contribution in [0, 0.1) is 42.4 Å². The van der Waals surface area contributed by atoms with Gasteiger partial charge in [0.2, 0.25) is 0 Å². The van der Waals surface area contributed by atoms with Crippen molar-refractivity contribution in [1.82, 2.24) is 34.5 Å². The Morgan fingerprint density at radius 2 is 1.95 bits per heavy atom. The number of aromatic nitrogens is 7. The molecule has 1 fully saturated rings. The van der Waals surface area contributed by atoms with Crippen LogP contribution in [0.1, 0.15) is 35.2 Å². The maximum atomic E-state index is 9.39. The van der Waals surface area contributed by atoms with Gasteiger partial charge in [-0.1, -0.05) is 0 Å². The molecule has 0 saturated carbocycles. The Hall–Kier alpha value is -5.13. The van der Waals surface area contributed by atoms with Crippen molar-refractivity contribution in [3.8, 4) is 23.8 Å². The predicted molar refractivity (Wildman–Crippen MR) is 138 cm³/mol. The van der Waals surface area contributed by atoms with Crippen LogP contribution < -0.4 is 5.32 Å². The van der Waals surface area contributed by atoms with Crippen molar-refractivity contribution in [2.45, 2.75) is 26.4 Å². The fourth-order valence-electron chi connectivity index (χ4n) is 4.57. The molecule has 4 aromatic heterocycles. The van der Waals surface area contributed by atoms with Crippen LogP contribution in [-0.2, 0) is 4.74 Å². The normalized spacial score (nSPS) is 16.8. The second-order valence-electron chi connectivity index (χ2n) is 9.16. The van der Waals surface area contributed by atoms with Gasteiger partial charge in [-0.2, -0.15) is 20.7 Å². The van der Waals surface area contributed by atoms with Crippen LogP contribution >= 0.6 is 0 Å². The highest BCUT2D eigenvalue weighted by Gasteiger charge is 2.30. The fraction of sp³-hybridized carbons (Fsp3) is 0.222. The summed E-state index contributed by atoms with van der Waals surface area (Å²) < 4.78 is 9.50. The summed E-state index contributed by atoms with van der Waals surface area (Å²) in [6.07, 6.45) is 2.01. The fourth-order valence-corrected chi connectivity index (χ4v) is 4.57. The molecule has 0 spiro atoms. The molecule has 1 aromatic carbocycles. The summed E-state index contributed by atoms with van der Waals surface area (Å²) in [4.78, 5) is 9.55. The summed E-state index contributed by atoms with van der Waals surface area (Å²) in [5.74, 6) is 1.67. The number of ether oxygens (including phenoxy) is 1. The van der Waals surface area contributed by atoms with E-state index < -0.39 is 0 Å². The van der Waals surface area contributed by atoms with E-state index in [2.05, 4.69) is 37.7 Å². The average Bonchev–Trinajstić information content (AvgIpc) is 3.67. The zero-order valence-corrected chi connectivity index (χ0v) is 20.7. The first-order chi connectivity index (χ1) is 18.5. The molecule has 11 heteroatoms. The number of fused-ring (bicyclic) bond motifs is 1. The van der Waals surface area contributed by atoms with Gasteiger partial charge in [-0.3, -0.25) is 4.57 Å². The number of imidazole rings is 1. The van der Waals surface area contributed by atoms with Crippen LogP contribution in [0.4, 0.5) is 11.5 Å². The van der Waals surface area contributed by atoms with Gasteiger partial charge < -0.3 is 10.1 Å². The zero-order valence-electron chi connectivity index (χ0n) is 20.7. The number of anilines is 2. The summed E-state index contributed by atoms with van der Waals surface area (Å²) in [7, 11) is 0. The van der Waals surface area contributed by atoms with E-state index in [1.54, 1.807) is 17.1 Å². The number of hydrogen-bond donors (Lipinski definition) is 1. The third kappa shape index (κ3) is 4.21. The number of nitrogens with zero attached hydrogens (tertiary/aromatic N) is 9. The highest BCUT2D eigenvalue weighted by molar-refractivity contribution is 5.82. The van der Waals surface area contributed by atoms with Crippen molar-refractivity contribution in [2.24, 2.45) is 5.92 Å².